The molecule has 136 valence electrons. The summed E-state index contributed by atoms with van der Waals surface area (Å²) in [5.74, 6) is -1.33. The first-order valence-corrected chi connectivity index (χ1v) is 8.71. The van der Waals surface area contributed by atoms with E-state index in [1.54, 1.807) is 12.0 Å². The van der Waals surface area contributed by atoms with Crippen LogP contribution in [0, 0.1) is 5.92 Å². The first-order chi connectivity index (χ1) is 12.5. The van der Waals surface area contributed by atoms with Gasteiger partial charge >= 0.3 is 5.97 Å². The molecule has 0 saturated carbocycles. The fourth-order valence-electron chi connectivity index (χ4n) is 3.60. The normalized spacial score (nSPS) is 20.6. The summed E-state index contributed by atoms with van der Waals surface area (Å²) in [7, 11) is 1.59. The summed E-state index contributed by atoms with van der Waals surface area (Å²) in [6, 6.07) is 17.0. The van der Waals surface area contributed by atoms with Crippen molar-refractivity contribution in [2.45, 2.75) is 18.8 Å². The lowest BCUT2D eigenvalue weighted by Crippen LogP contribution is -2.33. The molecule has 3 rings (SSSR count). The Balaban J connectivity index is 1.80. The summed E-state index contributed by atoms with van der Waals surface area (Å²) in [5.41, 5.74) is 1.83. The van der Waals surface area contributed by atoms with Crippen LogP contribution in [-0.4, -0.2) is 42.1 Å². The van der Waals surface area contributed by atoms with Crippen LogP contribution in [0.1, 0.15) is 29.9 Å². The Morgan fingerprint density at radius 1 is 1.12 bits per heavy atom. The van der Waals surface area contributed by atoms with E-state index in [-0.39, 0.29) is 24.3 Å². The molecule has 1 saturated heterocycles. The summed E-state index contributed by atoms with van der Waals surface area (Å²) in [6.07, 6.45) is 0. The van der Waals surface area contributed by atoms with Crippen molar-refractivity contribution in [1.29, 1.82) is 0 Å². The van der Waals surface area contributed by atoms with Gasteiger partial charge in [-0.15, -0.1) is 0 Å². The molecule has 1 heterocycles. The Labute approximate surface area is 153 Å². The molecule has 0 aromatic heterocycles. The molecule has 2 aromatic carbocycles. The molecule has 0 bridgehead atoms. The predicted octanol–water partition coefficient (Wildman–Crippen LogP) is 3.13. The molecule has 1 unspecified atom stereocenters. The molecule has 1 amide bonds. The van der Waals surface area contributed by atoms with E-state index in [9.17, 15) is 14.7 Å². The molecule has 26 heavy (non-hydrogen) atoms. The van der Waals surface area contributed by atoms with E-state index in [0.29, 0.717) is 12.3 Å². The largest absolute Gasteiger partial charge is 0.497 e. The van der Waals surface area contributed by atoms with Crippen molar-refractivity contribution in [3.8, 4) is 5.75 Å². The molecule has 1 N–H and O–H groups in total. The van der Waals surface area contributed by atoms with Crippen molar-refractivity contribution >= 4 is 11.9 Å². The van der Waals surface area contributed by atoms with Crippen LogP contribution in [0.25, 0.3) is 0 Å². The molecular formula is C21H23NO4. The maximum atomic E-state index is 13.0. The molecule has 0 radical (unpaired) electrons. The van der Waals surface area contributed by atoms with Gasteiger partial charge in [0.15, 0.2) is 0 Å². The van der Waals surface area contributed by atoms with E-state index in [0.717, 1.165) is 11.1 Å². The summed E-state index contributed by atoms with van der Waals surface area (Å²) >= 11 is 0. The SMILES string of the molecule is COc1cccc(C(C)C(=O)N2C[C@H](C(=O)O)[C@H](c3ccccc3)C2)c1. The van der Waals surface area contributed by atoms with Crippen LogP contribution in [0.15, 0.2) is 54.6 Å². The minimum atomic E-state index is -0.858. The molecule has 2 aromatic rings. The van der Waals surface area contributed by atoms with Gasteiger partial charge in [-0.3, -0.25) is 9.59 Å². The number of carbonyl (C=O) groups is 2. The van der Waals surface area contributed by atoms with E-state index in [2.05, 4.69) is 0 Å². The number of amides is 1. The number of carboxylic acid groups (broad SMARTS) is 1. The van der Waals surface area contributed by atoms with Crippen LogP contribution in [0.2, 0.25) is 0 Å². The Morgan fingerprint density at radius 3 is 2.50 bits per heavy atom. The Hall–Kier alpha value is -2.82. The second-order valence-electron chi connectivity index (χ2n) is 6.70. The van der Waals surface area contributed by atoms with E-state index in [4.69, 9.17) is 4.74 Å². The number of aliphatic carboxylic acids is 1. The number of benzene rings is 2. The number of carbonyl (C=O) groups excluding carboxylic acids is 1. The number of nitrogens with zero attached hydrogens (tertiary/aromatic N) is 1. The number of ether oxygens (including phenoxy) is 1. The van der Waals surface area contributed by atoms with Gasteiger partial charge in [0.05, 0.1) is 18.9 Å². The zero-order chi connectivity index (χ0) is 18.7. The highest BCUT2D eigenvalue weighted by Crippen LogP contribution is 2.34. The van der Waals surface area contributed by atoms with Gasteiger partial charge in [0.1, 0.15) is 5.75 Å². The van der Waals surface area contributed by atoms with Crippen LogP contribution < -0.4 is 4.74 Å². The van der Waals surface area contributed by atoms with Gasteiger partial charge in [-0.05, 0) is 30.2 Å². The summed E-state index contributed by atoms with van der Waals surface area (Å²) in [4.78, 5) is 26.4. The van der Waals surface area contributed by atoms with Crippen LogP contribution in [0.4, 0.5) is 0 Å². The third-order valence-corrected chi connectivity index (χ3v) is 5.14. The number of carboxylic acids is 1. The van der Waals surface area contributed by atoms with Gasteiger partial charge < -0.3 is 14.7 Å². The molecule has 0 spiro atoms. The smallest absolute Gasteiger partial charge is 0.308 e. The van der Waals surface area contributed by atoms with E-state index in [1.807, 2.05) is 61.5 Å². The molecule has 5 nitrogen and oxygen atoms in total. The molecule has 0 aliphatic carbocycles. The van der Waals surface area contributed by atoms with Crippen molar-refractivity contribution in [3.05, 3.63) is 65.7 Å². The molecular weight excluding hydrogens is 330 g/mol. The van der Waals surface area contributed by atoms with Gasteiger partial charge in [-0.1, -0.05) is 42.5 Å². The number of likely N-dealkylation sites (tertiary alicyclic amines) is 1. The second kappa shape index (κ2) is 7.60. The van der Waals surface area contributed by atoms with Crippen molar-refractivity contribution in [2.24, 2.45) is 5.92 Å². The molecule has 1 fully saturated rings. The average molecular weight is 353 g/mol. The maximum absolute atomic E-state index is 13.0. The minimum Gasteiger partial charge on any atom is -0.497 e. The summed E-state index contributed by atoms with van der Waals surface area (Å²) in [6.45, 7) is 2.51. The predicted molar refractivity (Wildman–Crippen MR) is 98.3 cm³/mol. The third-order valence-electron chi connectivity index (χ3n) is 5.14. The topological polar surface area (TPSA) is 66.8 Å². The van der Waals surface area contributed by atoms with E-state index < -0.39 is 11.9 Å². The number of hydrogen-bond donors (Lipinski definition) is 1. The van der Waals surface area contributed by atoms with Crippen LogP contribution in [0.3, 0.4) is 0 Å². The third kappa shape index (κ3) is 3.57. The number of rotatable bonds is 5. The molecule has 3 atom stereocenters. The lowest BCUT2D eigenvalue weighted by atomic mass is 9.89. The van der Waals surface area contributed by atoms with Gasteiger partial charge in [-0.25, -0.2) is 0 Å². The standard InChI is InChI=1S/C21H23NO4/c1-14(16-9-6-10-17(11-16)26-2)20(23)22-12-18(19(13-22)21(24)25)15-7-4-3-5-8-15/h3-11,14,18-19H,12-13H2,1-2H3,(H,24,25)/t14?,18-,19-/m0/s1. The average Bonchev–Trinajstić information content (AvgIpc) is 3.13. The quantitative estimate of drug-likeness (QED) is 0.897. The van der Waals surface area contributed by atoms with Crippen molar-refractivity contribution in [3.63, 3.8) is 0 Å². The first kappa shape index (κ1) is 18.0. The summed E-state index contributed by atoms with van der Waals surface area (Å²) < 4.78 is 5.23. The van der Waals surface area contributed by atoms with Gasteiger partial charge in [0, 0.05) is 19.0 Å². The fraction of sp³-hybridized carbons (Fsp3) is 0.333. The zero-order valence-electron chi connectivity index (χ0n) is 15.0. The Morgan fingerprint density at radius 2 is 1.85 bits per heavy atom. The van der Waals surface area contributed by atoms with Crippen LogP contribution in [0.5, 0.6) is 5.75 Å². The summed E-state index contributed by atoms with van der Waals surface area (Å²) in [5, 5.41) is 9.61. The van der Waals surface area contributed by atoms with Crippen LogP contribution in [-0.2, 0) is 9.59 Å². The highest BCUT2D eigenvalue weighted by Gasteiger charge is 2.41. The van der Waals surface area contributed by atoms with Gasteiger partial charge in [0.2, 0.25) is 5.91 Å². The van der Waals surface area contributed by atoms with Crippen molar-refractivity contribution in [2.75, 3.05) is 20.2 Å². The molecule has 1 aliphatic rings. The van der Waals surface area contributed by atoms with Crippen molar-refractivity contribution in [1.82, 2.24) is 4.90 Å². The Bertz CT molecular complexity index is 790. The highest BCUT2D eigenvalue weighted by atomic mass is 16.5. The van der Waals surface area contributed by atoms with Gasteiger partial charge in [-0.2, -0.15) is 0 Å². The maximum Gasteiger partial charge on any atom is 0.308 e. The number of hydrogen-bond acceptors (Lipinski definition) is 3. The van der Waals surface area contributed by atoms with E-state index in [1.165, 1.54) is 0 Å². The van der Waals surface area contributed by atoms with Crippen LogP contribution >= 0.6 is 0 Å². The minimum absolute atomic E-state index is 0.0528. The lowest BCUT2D eigenvalue weighted by Gasteiger charge is -2.21. The van der Waals surface area contributed by atoms with E-state index >= 15 is 0 Å². The molecule has 1 aliphatic heterocycles. The Kier molecular flexibility index (Phi) is 5.26. The molecule has 5 heteroatoms. The monoisotopic (exact) mass is 353 g/mol. The lowest BCUT2D eigenvalue weighted by molar-refractivity contribution is -0.141. The highest BCUT2D eigenvalue weighted by molar-refractivity contribution is 5.85. The van der Waals surface area contributed by atoms with Crippen molar-refractivity contribution < 1.29 is 19.4 Å². The number of methoxy groups -OCH3 is 1. The van der Waals surface area contributed by atoms with Gasteiger partial charge in [0.25, 0.3) is 0 Å². The fourth-order valence-corrected chi connectivity index (χ4v) is 3.60. The first-order valence-electron chi connectivity index (χ1n) is 8.71. The zero-order valence-corrected chi connectivity index (χ0v) is 15.0. The second-order valence-corrected chi connectivity index (χ2v) is 6.70.